The van der Waals surface area contributed by atoms with Crippen molar-refractivity contribution in [3.05, 3.63) is 35.0 Å². The lowest BCUT2D eigenvalue weighted by molar-refractivity contribution is 0.480. The number of phenols is 1. The SMILES string of the molecule is CCCCn1c(C(C)CC)nc2c(N=O)c3ccccc3c(O)c21. The summed E-state index contributed by atoms with van der Waals surface area (Å²) in [6, 6.07) is 7.31. The normalized spacial score (nSPS) is 12.8. The molecule has 0 aliphatic rings. The molecule has 0 spiro atoms. The third-order valence-electron chi connectivity index (χ3n) is 4.76. The Morgan fingerprint density at radius 1 is 1.25 bits per heavy atom. The zero-order valence-electron chi connectivity index (χ0n) is 14.4. The molecule has 1 atom stereocenters. The van der Waals surface area contributed by atoms with E-state index in [1.165, 1.54) is 0 Å². The molecule has 24 heavy (non-hydrogen) atoms. The molecule has 1 N–H and O–H groups in total. The fraction of sp³-hybridized carbons (Fsp3) is 0.421. The topological polar surface area (TPSA) is 67.5 Å². The highest BCUT2D eigenvalue weighted by Gasteiger charge is 2.23. The Labute approximate surface area is 141 Å². The van der Waals surface area contributed by atoms with Crippen molar-refractivity contribution in [2.75, 3.05) is 0 Å². The van der Waals surface area contributed by atoms with Crippen LogP contribution in [0.2, 0.25) is 0 Å². The monoisotopic (exact) mass is 325 g/mol. The number of phenolic OH excluding ortho intramolecular Hbond substituents is 1. The lowest BCUT2D eigenvalue weighted by atomic mass is 10.1. The first-order chi connectivity index (χ1) is 11.6. The summed E-state index contributed by atoms with van der Waals surface area (Å²) >= 11 is 0. The standard InChI is InChI=1S/C19H23N3O2/c1-4-6-11-22-17-16(20-19(22)12(3)5-2)15(21-24)13-9-7-8-10-14(13)18(17)23/h7-10,12,23H,4-6,11H2,1-3H3. The molecule has 0 aliphatic carbocycles. The van der Waals surface area contributed by atoms with Gasteiger partial charge in [-0.3, -0.25) is 0 Å². The Bertz CT molecular complexity index is 899. The number of benzene rings is 2. The molecule has 0 aliphatic heterocycles. The molecule has 0 amide bonds. The van der Waals surface area contributed by atoms with E-state index in [1.807, 2.05) is 18.2 Å². The largest absolute Gasteiger partial charge is 0.505 e. The number of hydrogen-bond donors (Lipinski definition) is 1. The van der Waals surface area contributed by atoms with Crippen molar-refractivity contribution < 1.29 is 5.11 Å². The first kappa shape index (κ1) is 16.4. The Kier molecular flexibility index (Phi) is 4.51. The first-order valence-electron chi connectivity index (χ1n) is 8.61. The number of aromatic hydroxyl groups is 1. The molecule has 1 unspecified atom stereocenters. The number of aromatic nitrogens is 2. The number of rotatable bonds is 6. The maximum atomic E-state index is 11.5. The average molecular weight is 325 g/mol. The van der Waals surface area contributed by atoms with Crippen molar-refractivity contribution in [3.63, 3.8) is 0 Å². The van der Waals surface area contributed by atoms with Crippen molar-refractivity contribution in [1.29, 1.82) is 0 Å². The van der Waals surface area contributed by atoms with Crippen LogP contribution in [-0.2, 0) is 6.54 Å². The van der Waals surface area contributed by atoms with Crippen molar-refractivity contribution in [3.8, 4) is 5.75 Å². The van der Waals surface area contributed by atoms with Crippen LogP contribution in [0.5, 0.6) is 5.75 Å². The van der Waals surface area contributed by atoms with Gasteiger partial charge in [0.15, 0.2) is 0 Å². The zero-order chi connectivity index (χ0) is 17.3. The third-order valence-corrected chi connectivity index (χ3v) is 4.76. The van der Waals surface area contributed by atoms with Crippen LogP contribution in [0.15, 0.2) is 29.4 Å². The van der Waals surface area contributed by atoms with E-state index in [9.17, 15) is 10.0 Å². The van der Waals surface area contributed by atoms with Crippen LogP contribution in [0.3, 0.4) is 0 Å². The van der Waals surface area contributed by atoms with Crippen molar-refractivity contribution in [2.24, 2.45) is 5.18 Å². The molecule has 5 heteroatoms. The fourth-order valence-electron chi connectivity index (χ4n) is 3.22. The van der Waals surface area contributed by atoms with E-state index < -0.39 is 0 Å². The summed E-state index contributed by atoms with van der Waals surface area (Å²) in [5.74, 6) is 1.35. The maximum Gasteiger partial charge on any atom is 0.149 e. The van der Waals surface area contributed by atoms with E-state index in [0.29, 0.717) is 27.5 Å². The van der Waals surface area contributed by atoms with Crippen LogP contribution < -0.4 is 0 Å². The molecule has 0 fully saturated rings. The van der Waals surface area contributed by atoms with Gasteiger partial charge in [-0.25, -0.2) is 4.98 Å². The number of nitrogens with zero attached hydrogens (tertiary/aromatic N) is 3. The van der Waals surface area contributed by atoms with Gasteiger partial charge in [-0.2, -0.15) is 0 Å². The Balaban J connectivity index is 2.44. The zero-order valence-corrected chi connectivity index (χ0v) is 14.4. The Morgan fingerprint density at radius 3 is 2.58 bits per heavy atom. The van der Waals surface area contributed by atoms with Gasteiger partial charge in [-0.05, 0) is 18.0 Å². The van der Waals surface area contributed by atoms with E-state index in [2.05, 4.69) is 30.5 Å². The summed E-state index contributed by atoms with van der Waals surface area (Å²) in [6.07, 6.45) is 2.98. The van der Waals surface area contributed by atoms with Gasteiger partial charge in [0, 0.05) is 23.2 Å². The number of imidazole rings is 1. The highest BCUT2D eigenvalue weighted by molar-refractivity contribution is 6.12. The van der Waals surface area contributed by atoms with E-state index in [0.717, 1.165) is 31.6 Å². The molecule has 0 saturated heterocycles. The Hall–Kier alpha value is -2.43. The van der Waals surface area contributed by atoms with E-state index in [-0.39, 0.29) is 11.7 Å². The second-order valence-electron chi connectivity index (χ2n) is 6.32. The van der Waals surface area contributed by atoms with E-state index in [4.69, 9.17) is 4.98 Å². The van der Waals surface area contributed by atoms with E-state index >= 15 is 0 Å². The summed E-state index contributed by atoms with van der Waals surface area (Å²) in [5, 5.41) is 15.4. The maximum absolute atomic E-state index is 11.5. The summed E-state index contributed by atoms with van der Waals surface area (Å²) in [5.41, 5.74) is 1.46. The molecule has 0 saturated carbocycles. The molecule has 5 nitrogen and oxygen atoms in total. The van der Waals surface area contributed by atoms with Gasteiger partial charge in [0.05, 0.1) is 0 Å². The number of unbranched alkanes of at least 4 members (excludes halogenated alkanes) is 1. The van der Waals surface area contributed by atoms with Crippen LogP contribution in [0, 0.1) is 4.91 Å². The second-order valence-corrected chi connectivity index (χ2v) is 6.32. The summed E-state index contributed by atoms with van der Waals surface area (Å²) in [7, 11) is 0. The van der Waals surface area contributed by atoms with Gasteiger partial charge >= 0.3 is 0 Å². The van der Waals surface area contributed by atoms with Crippen molar-refractivity contribution in [2.45, 2.75) is 52.5 Å². The second kappa shape index (κ2) is 6.59. The molecular formula is C19H23N3O2. The molecular weight excluding hydrogens is 302 g/mol. The van der Waals surface area contributed by atoms with Gasteiger partial charge in [0.1, 0.15) is 28.3 Å². The highest BCUT2D eigenvalue weighted by Crippen LogP contribution is 2.43. The van der Waals surface area contributed by atoms with Crippen LogP contribution in [-0.4, -0.2) is 14.7 Å². The average Bonchev–Trinajstić information content (AvgIpc) is 2.99. The third kappa shape index (κ3) is 2.44. The summed E-state index contributed by atoms with van der Waals surface area (Å²) < 4.78 is 2.07. The predicted octanol–water partition coefficient (Wildman–Crippen LogP) is 5.61. The molecule has 0 bridgehead atoms. The van der Waals surface area contributed by atoms with Gasteiger partial charge in [-0.1, -0.05) is 51.5 Å². The molecule has 0 radical (unpaired) electrons. The lowest BCUT2D eigenvalue weighted by Crippen LogP contribution is -2.07. The van der Waals surface area contributed by atoms with Gasteiger partial charge in [0.25, 0.3) is 0 Å². The van der Waals surface area contributed by atoms with Gasteiger partial charge in [-0.15, -0.1) is 4.91 Å². The number of nitroso groups, excluding NO2 is 1. The molecule has 3 aromatic rings. The minimum absolute atomic E-state index is 0.186. The first-order valence-corrected chi connectivity index (χ1v) is 8.61. The van der Waals surface area contributed by atoms with Crippen LogP contribution in [0.4, 0.5) is 5.69 Å². The molecule has 3 rings (SSSR count). The number of fused-ring (bicyclic) bond motifs is 2. The lowest BCUT2D eigenvalue weighted by Gasteiger charge is -2.14. The number of aryl methyl sites for hydroxylation is 1. The van der Waals surface area contributed by atoms with Crippen LogP contribution >= 0.6 is 0 Å². The molecule has 1 aromatic heterocycles. The smallest absolute Gasteiger partial charge is 0.149 e. The minimum atomic E-state index is 0.186. The van der Waals surface area contributed by atoms with Crippen molar-refractivity contribution in [1.82, 2.24) is 9.55 Å². The van der Waals surface area contributed by atoms with Gasteiger partial charge in [0.2, 0.25) is 0 Å². The van der Waals surface area contributed by atoms with Crippen LogP contribution in [0.1, 0.15) is 51.8 Å². The molecule has 2 aromatic carbocycles. The summed E-state index contributed by atoms with van der Waals surface area (Å²) in [4.78, 5) is 16.3. The van der Waals surface area contributed by atoms with E-state index in [1.54, 1.807) is 6.07 Å². The predicted molar refractivity (Wildman–Crippen MR) is 98.0 cm³/mol. The Morgan fingerprint density at radius 2 is 1.96 bits per heavy atom. The number of hydrogen-bond acceptors (Lipinski definition) is 4. The van der Waals surface area contributed by atoms with Gasteiger partial charge < -0.3 is 9.67 Å². The van der Waals surface area contributed by atoms with Crippen molar-refractivity contribution >= 4 is 27.5 Å². The fourth-order valence-corrected chi connectivity index (χ4v) is 3.22. The van der Waals surface area contributed by atoms with Crippen LogP contribution in [0.25, 0.3) is 21.8 Å². The highest BCUT2D eigenvalue weighted by atomic mass is 16.3. The molecule has 1 heterocycles. The quantitative estimate of drug-likeness (QED) is 0.599. The molecule has 126 valence electrons. The minimum Gasteiger partial charge on any atom is -0.505 e. The summed E-state index contributed by atoms with van der Waals surface area (Å²) in [6.45, 7) is 7.14.